The molecule has 1 N–H and O–H groups in total. The van der Waals surface area contributed by atoms with Crippen LogP contribution in [0.3, 0.4) is 0 Å². The Morgan fingerprint density at radius 1 is 1.07 bits per heavy atom. The lowest BCUT2D eigenvalue weighted by atomic mass is 10.1. The van der Waals surface area contributed by atoms with Crippen molar-refractivity contribution in [2.24, 2.45) is 0 Å². The van der Waals surface area contributed by atoms with Crippen molar-refractivity contribution in [2.45, 2.75) is 26.8 Å². The number of anilines is 1. The topological polar surface area (TPSA) is 84.9 Å². The summed E-state index contributed by atoms with van der Waals surface area (Å²) in [6.07, 6.45) is 1.10. The molecule has 1 heterocycles. The van der Waals surface area contributed by atoms with Crippen LogP contribution < -0.4 is 19.1 Å². The molecule has 29 heavy (non-hydrogen) atoms. The molecule has 0 aliphatic carbocycles. The molecule has 0 fully saturated rings. The molecular formula is C21H26N2O5S. The number of nitrogens with one attached hydrogen (secondary N) is 1. The van der Waals surface area contributed by atoms with Crippen LogP contribution in [0.15, 0.2) is 36.4 Å². The molecule has 0 spiro atoms. The van der Waals surface area contributed by atoms with Crippen molar-refractivity contribution < 1.29 is 22.7 Å². The first-order valence-corrected chi connectivity index (χ1v) is 11.2. The second-order valence-electron chi connectivity index (χ2n) is 7.23. The summed E-state index contributed by atoms with van der Waals surface area (Å²) in [5, 5.41) is 2.86. The summed E-state index contributed by atoms with van der Waals surface area (Å²) in [7, 11) is -3.62. The number of aryl methyl sites for hydroxylation is 2. The Hall–Kier alpha value is -2.74. The summed E-state index contributed by atoms with van der Waals surface area (Å²) in [6.45, 7) is 6.39. The fourth-order valence-corrected chi connectivity index (χ4v) is 3.96. The highest BCUT2D eigenvalue weighted by Crippen LogP contribution is 2.32. The Bertz CT molecular complexity index is 1020. The average Bonchev–Trinajstić information content (AvgIpc) is 2.67. The number of rotatable bonds is 6. The second kappa shape index (κ2) is 8.32. The van der Waals surface area contributed by atoms with Gasteiger partial charge >= 0.3 is 0 Å². The third kappa shape index (κ3) is 5.00. The molecule has 2 aromatic carbocycles. The van der Waals surface area contributed by atoms with Gasteiger partial charge in [0.2, 0.25) is 15.9 Å². The van der Waals surface area contributed by atoms with Crippen LogP contribution in [-0.2, 0) is 14.8 Å². The first kappa shape index (κ1) is 21.0. The standard InChI is InChI=1S/C21H26N2O5S/c1-14-5-7-18(11-15(14)2)23(29(4,25)26)13-21(24)22-16(3)17-6-8-19-20(12-17)28-10-9-27-19/h5-8,11-12,16H,9-10,13H2,1-4H3,(H,22,24)/t16-/m0/s1. The number of ether oxygens (including phenoxy) is 2. The van der Waals surface area contributed by atoms with E-state index >= 15 is 0 Å². The SMILES string of the molecule is Cc1ccc(N(CC(=O)N[C@@H](C)c2ccc3c(c2)OCCO3)S(C)(=O)=O)cc1C. The maximum atomic E-state index is 12.6. The molecule has 1 amide bonds. The third-order valence-electron chi connectivity index (χ3n) is 4.91. The highest BCUT2D eigenvalue weighted by Gasteiger charge is 2.23. The Kier molecular flexibility index (Phi) is 6.02. The summed E-state index contributed by atoms with van der Waals surface area (Å²) in [4.78, 5) is 12.6. The molecule has 7 nitrogen and oxygen atoms in total. The summed E-state index contributed by atoms with van der Waals surface area (Å²) in [5.41, 5.74) is 3.33. The Morgan fingerprint density at radius 3 is 2.41 bits per heavy atom. The highest BCUT2D eigenvalue weighted by atomic mass is 32.2. The first-order valence-electron chi connectivity index (χ1n) is 9.39. The molecule has 0 saturated heterocycles. The zero-order valence-corrected chi connectivity index (χ0v) is 17.9. The van der Waals surface area contributed by atoms with Gasteiger partial charge < -0.3 is 14.8 Å². The molecule has 0 radical (unpaired) electrons. The molecule has 1 atom stereocenters. The van der Waals surface area contributed by atoms with Crippen molar-refractivity contribution in [2.75, 3.05) is 30.3 Å². The van der Waals surface area contributed by atoms with Gasteiger partial charge in [0.15, 0.2) is 11.5 Å². The number of carbonyl (C=O) groups is 1. The van der Waals surface area contributed by atoms with E-state index in [0.29, 0.717) is 30.4 Å². The zero-order valence-electron chi connectivity index (χ0n) is 17.1. The van der Waals surface area contributed by atoms with Gasteiger partial charge in [0.1, 0.15) is 19.8 Å². The largest absolute Gasteiger partial charge is 0.486 e. The molecule has 8 heteroatoms. The molecule has 0 unspecified atom stereocenters. The number of nitrogens with zero attached hydrogens (tertiary/aromatic N) is 1. The average molecular weight is 419 g/mol. The molecule has 0 bridgehead atoms. The normalized spacial score (nSPS) is 14.2. The zero-order chi connectivity index (χ0) is 21.2. The van der Waals surface area contributed by atoms with Gasteiger partial charge in [-0.2, -0.15) is 0 Å². The fraction of sp³-hybridized carbons (Fsp3) is 0.381. The minimum absolute atomic E-state index is 0.295. The monoisotopic (exact) mass is 418 g/mol. The third-order valence-corrected chi connectivity index (χ3v) is 6.05. The van der Waals surface area contributed by atoms with Gasteiger partial charge in [-0.15, -0.1) is 0 Å². The Labute approximate surface area is 171 Å². The van der Waals surface area contributed by atoms with Crippen LogP contribution in [0.5, 0.6) is 11.5 Å². The maximum Gasteiger partial charge on any atom is 0.241 e. The Morgan fingerprint density at radius 2 is 1.76 bits per heavy atom. The van der Waals surface area contributed by atoms with Crippen molar-refractivity contribution >= 4 is 21.6 Å². The predicted octanol–water partition coefficient (Wildman–Crippen LogP) is 2.72. The van der Waals surface area contributed by atoms with E-state index < -0.39 is 15.9 Å². The lowest BCUT2D eigenvalue weighted by Gasteiger charge is -2.24. The van der Waals surface area contributed by atoms with Gasteiger partial charge in [0.05, 0.1) is 18.0 Å². The van der Waals surface area contributed by atoms with Gasteiger partial charge in [-0.1, -0.05) is 12.1 Å². The van der Waals surface area contributed by atoms with Gasteiger partial charge in [-0.25, -0.2) is 8.42 Å². The van der Waals surface area contributed by atoms with E-state index in [1.54, 1.807) is 12.1 Å². The van der Waals surface area contributed by atoms with Crippen LogP contribution in [0.25, 0.3) is 0 Å². The van der Waals surface area contributed by atoms with Crippen molar-refractivity contribution in [3.05, 3.63) is 53.1 Å². The summed E-state index contributed by atoms with van der Waals surface area (Å²) in [6, 6.07) is 10.5. The second-order valence-corrected chi connectivity index (χ2v) is 9.14. The molecule has 1 aliphatic rings. The van der Waals surface area contributed by atoms with E-state index in [2.05, 4.69) is 5.32 Å². The molecule has 0 aromatic heterocycles. The van der Waals surface area contributed by atoms with Gasteiger partial charge in [-0.3, -0.25) is 9.10 Å². The van der Waals surface area contributed by atoms with Crippen molar-refractivity contribution in [3.8, 4) is 11.5 Å². The quantitative estimate of drug-likeness (QED) is 0.780. The van der Waals surface area contributed by atoms with Crippen LogP contribution in [-0.4, -0.2) is 40.3 Å². The van der Waals surface area contributed by atoms with E-state index in [4.69, 9.17) is 9.47 Å². The van der Waals surface area contributed by atoms with E-state index in [9.17, 15) is 13.2 Å². The minimum Gasteiger partial charge on any atom is -0.486 e. The smallest absolute Gasteiger partial charge is 0.241 e. The van der Waals surface area contributed by atoms with Crippen LogP contribution >= 0.6 is 0 Å². The molecule has 2 aromatic rings. The van der Waals surface area contributed by atoms with Crippen molar-refractivity contribution in [3.63, 3.8) is 0 Å². The van der Waals surface area contributed by atoms with E-state index in [1.807, 2.05) is 45.0 Å². The van der Waals surface area contributed by atoms with Gasteiger partial charge in [0.25, 0.3) is 0 Å². The van der Waals surface area contributed by atoms with Crippen LogP contribution in [0.1, 0.15) is 29.7 Å². The fourth-order valence-electron chi connectivity index (χ4n) is 3.11. The maximum absolute atomic E-state index is 12.6. The van der Waals surface area contributed by atoms with Gasteiger partial charge in [0, 0.05) is 0 Å². The van der Waals surface area contributed by atoms with Crippen LogP contribution in [0.4, 0.5) is 5.69 Å². The minimum atomic E-state index is -3.62. The summed E-state index contributed by atoms with van der Waals surface area (Å²) < 4.78 is 36.8. The van der Waals surface area contributed by atoms with Crippen LogP contribution in [0.2, 0.25) is 0 Å². The van der Waals surface area contributed by atoms with E-state index in [1.165, 1.54) is 0 Å². The predicted molar refractivity (Wildman–Crippen MR) is 112 cm³/mol. The number of amides is 1. The number of hydrogen-bond donors (Lipinski definition) is 1. The summed E-state index contributed by atoms with van der Waals surface area (Å²) in [5.74, 6) is 0.926. The molecule has 156 valence electrons. The lowest BCUT2D eigenvalue weighted by molar-refractivity contribution is -0.120. The van der Waals surface area contributed by atoms with E-state index in [0.717, 1.165) is 27.3 Å². The molecule has 1 aliphatic heterocycles. The number of fused-ring (bicyclic) bond motifs is 1. The van der Waals surface area contributed by atoms with Gasteiger partial charge in [-0.05, 0) is 61.7 Å². The number of hydrogen-bond acceptors (Lipinski definition) is 5. The molecule has 0 saturated carbocycles. The number of carbonyl (C=O) groups excluding carboxylic acids is 1. The lowest BCUT2D eigenvalue weighted by Crippen LogP contribution is -2.41. The van der Waals surface area contributed by atoms with Crippen LogP contribution in [0, 0.1) is 13.8 Å². The first-order chi connectivity index (χ1) is 13.6. The molecule has 3 rings (SSSR count). The Balaban J connectivity index is 1.74. The molecular weight excluding hydrogens is 392 g/mol. The number of benzene rings is 2. The van der Waals surface area contributed by atoms with Crippen molar-refractivity contribution in [1.82, 2.24) is 5.32 Å². The summed E-state index contributed by atoms with van der Waals surface area (Å²) >= 11 is 0. The highest BCUT2D eigenvalue weighted by molar-refractivity contribution is 7.92. The number of sulfonamides is 1. The van der Waals surface area contributed by atoms with Crippen molar-refractivity contribution in [1.29, 1.82) is 0 Å². The van der Waals surface area contributed by atoms with E-state index in [-0.39, 0.29) is 12.6 Å².